The fraction of sp³-hybridized carbons (Fsp3) is 0.278. The highest BCUT2D eigenvalue weighted by Crippen LogP contribution is 2.09. The van der Waals surface area contributed by atoms with E-state index in [1.165, 1.54) is 23.9 Å². The minimum atomic E-state index is -0.759. The summed E-state index contributed by atoms with van der Waals surface area (Å²) in [6, 6.07) is 5.13. The molecule has 0 spiro atoms. The van der Waals surface area contributed by atoms with Gasteiger partial charge in [-0.1, -0.05) is 0 Å². The number of esters is 1. The van der Waals surface area contributed by atoms with Gasteiger partial charge in [0.2, 0.25) is 5.91 Å². The fourth-order valence-corrected chi connectivity index (χ4v) is 3.34. The molecule has 0 saturated carbocycles. The zero-order valence-corrected chi connectivity index (χ0v) is 16.4. The fourth-order valence-electron chi connectivity index (χ4n) is 2.26. The van der Waals surface area contributed by atoms with Crippen LogP contribution in [0.4, 0.5) is 11.5 Å². The molecule has 0 fully saturated rings. The highest BCUT2D eigenvalue weighted by atomic mass is 32.1. The number of anilines is 2. The van der Waals surface area contributed by atoms with Gasteiger partial charge in [0.1, 0.15) is 21.1 Å². The van der Waals surface area contributed by atoms with Crippen molar-refractivity contribution in [2.24, 2.45) is 0 Å². The lowest BCUT2D eigenvalue weighted by Crippen LogP contribution is -2.32. The van der Waals surface area contributed by atoms with Gasteiger partial charge in [0.15, 0.2) is 5.57 Å². The number of ether oxygens (including phenoxy) is 1. The van der Waals surface area contributed by atoms with E-state index in [2.05, 4.69) is 15.6 Å². The van der Waals surface area contributed by atoms with Crippen LogP contribution < -0.4 is 25.4 Å². The van der Waals surface area contributed by atoms with E-state index in [1.54, 1.807) is 26.0 Å². The molecule has 0 unspecified atom stereocenters. The Morgan fingerprint density at radius 1 is 1.39 bits per heavy atom. The van der Waals surface area contributed by atoms with Gasteiger partial charge in [0, 0.05) is 19.7 Å². The number of nitrogens with one attached hydrogen (secondary N) is 2. The average Bonchev–Trinajstić information content (AvgIpc) is 2.97. The van der Waals surface area contributed by atoms with E-state index >= 15 is 0 Å². The van der Waals surface area contributed by atoms with Crippen LogP contribution >= 0.6 is 11.3 Å². The Hall–Kier alpha value is -3.45. The Labute approximate surface area is 164 Å². The Morgan fingerprint density at radius 3 is 2.68 bits per heavy atom. The number of aromatic nitrogens is 2. The van der Waals surface area contributed by atoms with E-state index < -0.39 is 5.97 Å². The SMILES string of the molecule is CCOC(=O)C(C#N)=c1sc(=CNc2ccc(NC(C)=O)nc2)c(=O)n1CC. The molecule has 2 heterocycles. The molecule has 0 saturated heterocycles. The minimum absolute atomic E-state index is 0.133. The van der Waals surface area contributed by atoms with E-state index in [9.17, 15) is 19.6 Å². The van der Waals surface area contributed by atoms with E-state index in [-0.39, 0.29) is 28.3 Å². The van der Waals surface area contributed by atoms with Crippen LogP contribution in [0.1, 0.15) is 20.8 Å². The summed E-state index contributed by atoms with van der Waals surface area (Å²) in [5, 5.41) is 14.8. The lowest BCUT2D eigenvalue weighted by Gasteiger charge is -2.02. The maximum Gasteiger partial charge on any atom is 0.351 e. The number of nitriles is 1. The van der Waals surface area contributed by atoms with Crippen LogP contribution in [0.5, 0.6) is 0 Å². The van der Waals surface area contributed by atoms with Crippen LogP contribution in [0.2, 0.25) is 0 Å². The van der Waals surface area contributed by atoms with Crippen LogP contribution in [-0.4, -0.2) is 28.0 Å². The Morgan fingerprint density at radius 2 is 2.14 bits per heavy atom. The number of hydrogen-bond acceptors (Lipinski definition) is 8. The molecule has 0 aromatic carbocycles. The number of thiazole rings is 1. The zero-order chi connectivity index (χ0) is 20.7. The van der Waals surface area contributed by atoms with Crippen LogP contribution in [-0.2, 0) is 20.9 Å². The first-order chi connectivity index (χ1) is 13.4. The second-order valence-electron chi connectivity index (χ2n) is 5.43. The summed E-state index contributed by atoms with van der Waals surface area (Å²) in [5.41, 5.74) is 0.0723. The normalized spacial score (nSPS) is 12.1. The van der Waals surface area contributed by atoms with Gasteiger partial charge in [-0.15, -0.1) is 11.3 Å². The minimum Gasteiger partial charge on any atom is -0.462 e. The van der Waals surface area contributed by atoms with Crippen molar-refractivity contribution in [3.63, 3.8) is 0 Å². The number of rotatable bonds is 6. The molecular weight excluding hydrogens is 382 g/mol. The number of carbonyl (C=O) groups excluding carboxylic acids is 2. The molecule has 146 valence electrons. The lowest BCUT2D eigenvalue weighted by atomic mass is 10.3. The maximum atomic E-state index is 12.6. The Bertz CT molecular complexity index is 1090. The predicted octanol–water partition coefficient (Wildman–Crippen LogP) is 0.371. The molecule has 0 aliphatic heterocycles. The number of carbonyl (C=O) groups is 2. The monoisotopic (exact) mass is 401 g/mol. The third-order valence-corrected chi connectivity index (χ3v) is 4.60. The topological polar surface area (TPSA) is 126 Å². The lowest BCUT2D eigenvalue weighted by molar-refractivity contribution is -0.136. The van der Waals surface area contributed by atoms with Crippen molar-refractivity contribution in [2.75, 3.05) is 17.2 Å². The smallest absolute Gasteiger partial charge is 0.351 e. The molecule has 10 heteroatoms. The number of hydrogen-bond donors (Lipinski definition) is 2. The molecule has 28 heavy (non-hydrogen) atoms. The molecule has 0 radical (unpaired) electrons. The van der Waals surface area contributed by atoms with E-state index in [1.807, 2.05) is 6.07 Å². The first-order valence-electron chi connectivity index (χ1n) is 8.42. The summed E-state index contributed by atoms with van der Waals surface area (Å²) in [6.07, 6.45) is 2.98. The van der Waals surface area contributed by atoms with Gasteiger partial charge >= 0.3 is 5.97 Å². The van der Waals surface area contributed by atoms with E-state index in [0.717, 1.165) is 11.3 Å². The molecule has 9 nitrogen and oxygen atoms in total. The van der Waals surface area contributed by atoms with E-state index in [4.69, 9.17) is 4.74 Å². The molecule has 2 aromatic rings. The third kappa shape index (κ3) is 4.83. The molecule has 0 aliphatic rings. The van der Waals surface area contributed by atoms with Crippen molar-refractivity contribution in [2.45, 2.75) is 27.3 Å². The van der Waals surface area contributed by atoms with Gasteiger partial charge in [-0.25, -0.2) is 9.78 Å². The van der Waals surface area contributed by atoms with E-state index in [0.29, 0.717) is 22.6 Å². The van der Waals surface area contributed by atoms with Crippen LogP contribution in [0.15, 0.2) is 23.1 Å². The molecule has 2 aromatic heterocycles. The number of amides is 1. The van der Waals surface area contributed by atoms with Crippen molar-refractivity contribution in [3.05, 3.63) is 37.9 Å². The van der Waals surface area contributed by atoms with Crippen molar-refractivity contribution in [1.82, 2.24) is 9.55 Å². The molecule has 2 N–H and O–H groups in total. The van der Waals surface area contributed by atoms with Gasteiger partial charge in [0.25, 0.3) is 5.56 Å². The van der Waals surface area contributed by atoms with Crippen molar-refractivity contribution < 1.29 is 14.3 Å². The van der Waals surface area contributed by atoms with Crippen LogP contribution in [0.25, 0.3) is 11.8 Å². The largest absolute Gasteiger partial charge is 0.462 e. The summed E-state index contributed by atoms with van der Waals surface area (Å²) >= 11 is 1.02. The third-order valence-electron chi connectivity index (χ3n) is 3.47. The first-order valence-corrected chi connectivity index (χ1v) is 9.24. The van der Waals surface area contributed by atoms with Gasteiger partial charge in [-0.2, -0.15) is 5.26 Å². The quantitative estimate of drug-likeness (QED) is 0.670. The zero-order valence-electron chi connectivity index (χ0n) is 15.6. The summed E-state index contributed by atoms with van der Waals surface area (Å²) in [4.78, 5) is 39.7. The number of pyridine rings is 1. The average molecular weight is 401 g/mol. The van der Waals surface area contributed by atoms with Crippen molar-refractivity contribution in [1.29, 1.82) is 5.26 Å². The molecule has 0 bridgehead atoms. The first kappa shape index (κ1) is 20.9. The Balaban J connectivity index is 2.43. The standard InChI is InChI=1S/C18H19N5O4S/c1-4-23-16(25)14(28-17(23)13(8-19)18(26)27-5-2)10-20-12-6-7-15(21-9-12)22-11(3)24/h6-7,9-10,20H,4-5H2,1-3H3,(H,21,22,24). The molecule has 0 atom stereocenters. The number of nitrogens with zero attached hydrogens (tertiary/aromatic N) is 3. The van der Waals surface area contributed by atoms with Crippen molar-refractivity contribution in [3.8, 4) is 6.07 Å². The summed E-state index contributed by atoms with van der Waals surface area (Å²) in [5.74, 6) is -0.574. The van der Waals surface area contributed by atoms with Crippen LogP contribution in [0.3, 0.4) is 0 Å². The highest BCUT2D eigenvalue weighted by molar-refractivity contribution is 7.07. The van der Waals surface area contributed by atoms with Crippen molar-refractivity contribution >= 4 is 46.5 Å². The second kappa shape index (κ2) is 9.48. The molecule has 0 aliphatic carbocycles. The van der Waals surface area contributed by atoms with Gasteiger partial charge in [-0.3, -0.25) is 14.2 Å². The van der Waals surface area contributed by atoms with Crippen LogP contribution in [0, 0.1) is 11.3 Å². The predicted molar refractivity (Wildman–Crippen MR) is 106 cm³/mol. The van der Waals surface area contributed by atoms with Gasteiger partial charge in [0.05, 0.1) is 18.5 Å². The Kier molecular flexibility index (Phi) is 7.06. The molecular formula is C18H19N5O4S. The van der Waals surface area contributed by atoms with Gasteiger partial charge < -0.3 is 15.4 Å². The highest BCUT2D eigenvalue weighted by Gasteiger charge is 2.16. The molecule has 2 rings (SSSR count). The van der Waals surface area contributed by atoms with Gasteiger partial charge in [-0.05, 0) is 26.0 Å². The summed E-state index contributed by atoms with van der Waals surface area (Å²) in [7, 11) is 0. The second-order valence-corrected chi connectivity index (χ2v) is 6.46. The molecule has 1 amide bonds. The summed E-state index contributed by atoms with van der Waals surface area (Å²) in [6.45, 7) is 5.21. The summed E-state index contributed by atoms with van der Waals surface area (Å²) < 4.78 is 6.82. The maximum absolute atomic E-state index is 12.6.